The van der Waals surface area contributed by atoms with Crippen LogP contribution in [-0.2, 0) is 14.6 Å². The molecule has 2 aromatic carbocycles. The minimum absolute atomic E-state index is 0.0138. The highest BCUT2D eigenvalue weighted by Gasteiger charge is 2.50. The number of piperidine rings is 1. The number of nitrogens with zero attached hydrogens (tertiary/aromatic N) is 1. The summed E-state index contributed by atoms with van der Waals surface area (Å²) >= 11 is 0. The number of hydrogen-bond donors (Lipinski definition) is 2. The fourth-order valence-electron chi connectivity index (χ4n) is 3.51. The van der Waals surface area contributed by atoms with Crippen molar-refractivity contribution in [1.82, 2.24) is 10.4 Å². The third kappa shape index (κ3) is 5.27. The van der Waals surface area contributed by atoms with Gasteiger partial charge >= 0.3 is 6.09 Å². The van der Waals surface area contributed by atoms with Gasteiger partial charge in [0.05, 0.1) is 12.0 Å². The van der Waals surface area contributed by atoms with Crippen LogP contribution in [0.25, 0.3) is 0 Å². The van der Waals surface area contributed by atoms with E-state index in [4.69, 9.17) is 19.4 Å². The number of likely N-dealkylation sites (tertiary alicyclic amines) is 1. The average molecular weight is 451 g/mol. The van der Waals surface area contributed by atoms with Crippen LogP contribution in [-0.4, -0.2) is 62.9 Å². The van der Waals surface area contributed by atoms with Gasteiger partial charge in [-0.2, -0.15) is 0 Å². The smallest absolute Gasteiger partial charge is 0.432 e. The van der Waals surface area contributed by atoms with Crippen molar-refractivity contribution in [3.8, 4) is 11.5 Å². The lowest BCUT2D eigenvalue weighted by Gasteiger charge is -2.40. The average Bonchev–Trinajstić information content (AvgIpc) is 2.80. The number of hydrogen-bond acceptors (Lipinski definition) is 8. The Bertz CT molecular complexity index is 957. The van der Waals surface area contributed by atoms with E-state index in [1.165, 1.54) is 36.9 Å². The molecular weight excluding hydrogens is 424 g/mol. The molecule has 0 aromatic heterocycles. The lowest BCUT2D eigenvalue weighted by atomic mass is 10.1. The number of benzene rings is 2. The molecule has 168 valence electrons. The summed E-state index contributed by atoms with van der Waals surface area (Å²) in [6, 6.07) is 15.3. The molecule has 2 N–H and O–H groups in total. The second-order valence-corrected chi connectivity index (χ2v) is 9.32. The third-order valence-electron chi connectivity index (χ3n) is 5.27. The first-order valence-electron chi connectivity index (χ1n) is 9.82. The van der Waals surface area contributed by atoms with Gasteiger partial charge in [-0.3, -0.25) is 10.1 Å². The summed E-state index contributed by atoms with van der Waals surface area (Å²) in [4.78, 5) is 12.0. The van der Waals surface area contributed by atoms with E-state index in [0.717, 1.165) is 5.75 Å². The van der Waals surface area contributed by atoms with E-state index in [1.807, 2.05) is 35.2 Å². The molecule has 1 heterocycles. The van der Waals surface area contributed by atoms with Crippen LogP contribution in [0.3, 0.4) is 0 Å². The Hall–Kier alpha value is -2.82. The maximum atomic E-state index is 13.4. The molecule has 0 atom stereocenters. The molecule has 0 spiro atoms. The quantitative estimate of drug-likeness (QED) is 0.466. The number of methoxy groups -OCH3 is 1. The molecule has 9 nitrogen and oxygen atoms in total. The standard InChI is InChI=1S/C21H26N2O7S/c1-28-17-7-9-19(10-8-17)31(26,27)21(30-20(24)22-25)11-13-23(14-12-21)15-16-29-18-5-3-2-4-6-18/h2-10,25H,11-16H2,1H3,(H,22,24). The van der Waals surface area contributed by atoms with Crippen molar-refractivity contribution >= 4 is 15.9 Å². The predicted molar refractivity (Wildman–Crippen MR) is 112 cm³/mol. The number of carbonyl (C=O) groups excluding carboxylic acids is 1. The number of rotatable bonds is 8. The Labute approximate surface area is 181 Å². The lowest BCUT2D eigenvalue weighted by Crippen LogP contribution is -2.53. The van der Waals surface area contributed by atoms with Crippen molar-refractivity contribution in [3.63, 3.8) is 0 Å². The van der Waals surface area contributed by atoms with Crippen molar-refractivity contribution in [1.29, 1.82) is 0 Å². The van der Waals surface area contributed by atoms with E-state index < -0.39 is 20.9 Å². The van der Waals surface area contributed by atoms with Crippen LogP contribution in [0.1, 0.15) is 12.8 Å². The van der Waals surface area contributed by atoms with Gasteiger partial charge in [0.25, 0.3) is 0 Å². The van der Waals surface area contributed by atoms with Crippen molar-refractivity contribution in [3.05, 3.63) is 54.6 Å². The van der Waals surface area contributed by atoms with Crippen molar-refractivity contribution in [2.24, 2.45) is 0 Å². The highest BCUT2D eigenvalue weighted by Crippen LogP contribution is 2.37. The van der Waals surface area contributed by atoms with Crippen LogP contribution >= 0.6 is 0 Å². The van der Waals surface area contributed by atoms with E-state index in [-0.39, 0.29) is 17.7 Å². The number of para-hydroxylation sites is 1. The Morgan fingerprint density at radius 1 is 1.06 bits per heavy atom. The highest BCUT2D eigenvalue weighted by molar-refractivity contribution is 7.92. The molecule has 1 amide bonds. The molecule has 31 heavy (non-hydrogen) atoms. The second-order valence-electron chi connectivity index (χ2n) is 7.09. The Balaban J connectivity index is 1.70. The Morgan fingerprint density at radius 2 is 1.71 bits per heavy atom. The maximum absolute atomic E-state index is 13.4. The normalized spacial score (nSPS) is 16.3. The fourth-order valence-corrected chi connectivity index (χ4v) is 5.34. The SMILES string of the molecule is COc1ccc(S(=O)(=O)C2(OC(=O)NO)CCN(CCOc3ccccc3)CC2)cc1. The number of nitrogens with one attached hydrogen (secondary N) is 1. The molecule has 0 aliphatic carbocycles. The van der Waals surface area contributed by atoms with Crippen LogP contribution in [0.5, 0.6) is 11.5 Å². The fraction of sp³-hybridized carbons (Fsp3) is 0.381. The van der Waals surface area contributed by atoms with Crippen molar-refractivity contribution in [2.75, 3.05) is 33.4 Å². The van der Waals surface area contributed by atoms with Crippen LogP contribution in [0.15, 0.2) is 59.5 Å². The van der Waals surface area contributed by atoms with Crippen molar-refractivity contribution < 1.29 is 32.6 Å². The number of amides is 1. The molecule has 0 saturated carbocycles. The van der Waals surface area contributed by atoms with Gasteiger partial charge in [-0.1, -0.05) is 18.2 Å². The zero-order valence-corrected chi connectivity index (χ0v) is 18.0. The molecule has 2 aromatic rings. The topological polar surface area (TPSA) is 114 Å². The summed E-state index contributed by atoms with van der Waals surface area (Å²) in [5.74, 6) is 1.27. The minimum atomic E-state index is -4.05. The van der Waals surface area contributed by atoms with Gasteiger partial charge in [0.2, 0.25) is 14.8 Å². The summed E-state index contributed by atoms with van der Waals surface area (Å²) in [5.41, 5.74) is 1.36. The monoisotopic (exact) mass is 450 g/mol. The zero-order valence-electron chi connectivity index (χ0n) is 17.2. The first-order valence-corrected chi connectivity index (χ1v) is 11.3. The van der Waals surface area contributed by atoms with Gasteiger partial charge < -0.3 is 14.2 Å². The van der Waals surface area contributed by atoms with Crippen LogP contribution in [0.4, 0.5) is 4.79 Å². The summed E-state index contributed by atoms with van der Waals surface area (Å²) in [7, 11) is -2.57. The zero-order chi connectivity index (χ0) is 22.3. The summed E-state index contributed by atoms with van der Waals surface area (Å²) in [6.45, 7) is 1.80. The van der Waals surface area contributed by atoms with Gasteiger partial charge in [-0.15, -0.1) is 0 Å². The van der Waals surface area contributed by atoms with Crippen LogP contribution in [0, 0.1) is 0 Å². The van der Waals surface area contributed by atoms with Crippen molar-refractivity contribution in [2.45, 2.75) is 22.7 Å². The molecule has 3 rings (SSSR count). The second kappa shape index (κ2) is 9.99. The van der Waals surface area contributed by atoms with Gasteiger partial charge in [0.15, 0.2) is 0 Å². The number of hydroxylamine groups is 1. The van der Waals surface area contributed by atoms with E-state index in [0.29, 0.717) is 32.0 Å². The molecule has 1 aliphatic heterocycles. The molecule has 0 radical (unpaired) electrons. The molecule has 0 unspecified atom stereocenters. The molecule has 0 bridgehead atoms. The van der Waals surface area contributed by atoms with E-state index in [9.17, 15) is 13.2 Å². The van der Waals surface area contributed by atoms with E-state index in [1.54, 1.807) is 0 Å². The lowest BCUT2D eigenvalue weighted by molar-refractivity contribution is -0.0000484. The Kier molecular flexibility index (Phi) is 7.37. The van der Waals surface area contributed by atoms with Crippen LogP contribution in [0.2, 0.25) is 0 Å². The first kappa shape index (κ1) is 22.9. The molecule has 1 aliphatic rings. The van der Waals surface area contributed by atoms with Gasteiger partial charge in [-0.25, -0.2) is 18.7 Å². The molecule has 1 saturated heterocycles. The minimum Gasteiger partial charge on any atom is -0.497 e. The van der Waals surface area contributed by atoms with E-state index in [2.05, 4.69) is 0 Å². The summed E-state index contributed by atoms with van der Waals surface area (Å²) in [5, 5.41) is 8.90. The molecule has 1 fully saturated rings. The van der Waals surface area contributed by atoms with Crippen LogP contribution < -0.4 is 15.0 Å². The molecular formula is C21H26N2O7S. The highest BCUT2D eigenvalue weighted by atomic mass is 32.2. The maximum Gasteiger partial charge on any atom is 0.432 e. The van der Waals surface area contributed by atoms with Gasteiger partial charge in [0.1, 0.15) is 18.1 Å². The summed E-state index contributed by atoms with van der Waals surface area (Å²) in [6.07, 6.45) is -1.10. The molecule has 10 heteroatoms. The first-order chi connectivity index (χ1) is 14.9. The number of ether oxygens (including phenoxy) is 3. The van der Waals surface area contributed by atoms with E-state index >= 15 is 0 Å². The largest absolute Gasteiger partial charge is 0.497 e. The number of sulfone groups is 1. The third-order valence-corrected chi connectivity index (χ3v) is 7.63. The predicted octanol–water partition coefficient (Wildman–Crippen LogP) is 2.46. The summed E-state index contributed by atoms with van der Waals surface area (Å²) < 4.78 is 42.8. The number of carbonyl (C=O) groups is 1. The Morgan fingerprint density at radius 3 is 2.29 bits per heavy atom. The van der Waals surface area contributed by atoms with Gasteiger partial charge in [-0.05, 0) is 36.4 Å². The van der Waals surface area contributed by atoms with Gasteiger partial charge in [0, 0.05) is 32.5 Å².